The number of aromatic nitrogens is 1. The van der Waals surface area contributed by atoms with Crippen LogP contribution in [0, 0.1) is 0 Å². The number of hydrogen-bond donors (Lipinski definition) is 2. The normalized spacial score (nSPS) is 11.6. The van der Waals surface area contributed by atoms with Gasteiger partial charge in [0.15, 0.2) is 0 Å². The van der Waals surface area contributed by atoms with Crippen molar-refractivity contribution in [3.63, 3.8) is 0 Å². The van der Waals surface area contributed by atoms with Gasteiger partial charge < -0.3 is 14.7 Å². The quantitative estimate of drug-likeness (QED) is 0.585. The zero-order valence-corrected chi connectivity index (χ0v) is 16.7. The number of likely N-dealkylation sites (N-methyl/N-ethyl adjacent to an activating group) is 1. The van der Waals surface area contributed by atoms with Gasteiger partial charge in [0.25, 0.3) is 5.56 Å². The average molecular weight is 430 g/mol. The maximum Gasteiger partial charge on any atom is 0.258 e. The first kappa shape index (κ1) is 19.1. The molecule has 1 heterocycles. The van der Waals surface area contributed by atoms with Crippen molar-refractivity contribution in [3.05, 3.63) is 62.9 Å². The van der Waals surface area contributed by atoms with E-state index < -0.39 is 0 Å². The number of nitrogens with zero attached hydrogens (tertiary/aromatic N) is 2. The Bertz CT molecular complexity index is 1030. The van der Waals surface area contributed by atoms with Crippen LogP contribution in [0.25, 0.3) is 10.8 Å². The smallest absolute Gasteiger partial charge is 0.258 e. The van der Waals surface area contributed by atoms with Gasteiger partial charge in [-0.2, -0.15) is 0 Å². The Morgan fingerprint density at radius 2 is 1.93 bits per heavy atom. The summed E-state index contributed by atoms with van der Waals surface area (Å²) in [6.07, 6.45) is 1.54. The number of nitrogens with one attached hydrogen (secondary N) is 1. The highest BCUT2D eigenvalue weighted by Crippen LogP contribution is 2.25. The minimum atomic E-state index is -0.341. The van der Waals surface area contributed by atoms with E-state index in [1.807, 2.05) is 38.4 Å². The molecular formula is C20H20BrN3O3. The van der Waals surface area contributed by atoms with Crippen molar-refractivity contribution in [1.29, 1.82) is 0 Å². The molecule has 6 nitrogen and oxygen atoms in total. The molecule has 7 heteroatoms. The van der Waals surface area contributed by atoms with Gasteiger partial charge >= 0.3 is 0 Å². The summed E-state index contributed by atoms with van der Waals surface area (Å²) in [5.41, 5.74) is 0.826. The van der Waals surface area contributed by atoms with Gasteiger partial charge in [0.1, 0.15) is 12.4 Å². The van der Waals surface area contributed by atoms with Crippen LogP contribution >= 0.6 is 15.9 Å². The number of benzene rings is 2. The fourth-order valence-corrected chi connectivity index (χ4v) is 2.91. The monoisotopic (exact) mass is 429 g/mol. The van der Waals surface area contributed by atoms with Crippen molar-refractivity contribution in [2.75, 3.05) is 27.2 Å². The molecule has 3 aromatic rings. The number of aliphatic imine (C=N–C) groups is 1. The molecule has 0 saturated heterocycles. The fraction of sp³-hybridized carbons (Fsp3) is 0.200. The van der Waals surface area contributed by atoms with Gasteiger partial charge in [-0.3, -0.25) is 14.8 Å². The highest BCUT2D eigenvalue weighted by molar-refractivity contribution is 9.10. The van der Waals surface area contributed by atoms with Gasteiger partial charge in [0.2, 0.25) is 5.88 Å². The Kier molecular flexibility index (Phi) is 5.93. The average Bonchev–Trinajstić information content (AvgIpc) is 2.62. The fourth-order valence-electron chi connectivity index (χ4n) is 2.55. The summed E-state index contributed by atoms with van der Waals surface area (Å²) in [5, 5.41) is 11.3. The number of ether oxygens (including phenoxy) is 1. The molecule has 0 atom stereocenters. The zero-order valence-electron chi connectivity index (χ0n) is 15.1. The lowest BCUT2D eigenvalue weighted by molar-refractivity contribution is 0.261. The van der Waals surface area contributed by atoms with Gasteiger partial charge in [0, 0.05) is 28.0 Å². The van der Waals surface area contributed by atoms with Crippen molar-refractivity contribution in [2.24, 2.45) is 4.99 Å². The molecule has 2 aromatic carbocycles. The van der Waals surface area contributed by atoms with Gasteiger partial charge in [-0.1, -0.05) is 15.9 Å². The molecule has 0 radical (unpaired) electrons. The topological polar surface area (TPSA) is 77.9 Å². The molecule has 0 bridgehead atoms. The maximum atomic E-state index is 12.0. The van der Waals surface area contributed by atoms with E-state index in [0.29, 0.717) is 28.6 Å². The second-order valence-electron chi connectivity index (χ2n) is 6.31. The summed E-state index contributed by atoms with van der Waals surface area (Å²) >= 11 is 3.39. The van der Waals surface area contributed by atoms with Crippen molar-refractivity contribution >= 4 is 38.6 Å². The van der Waals surface area contributed by atoms with E-state index in [2.05, 4.69) is 30.8 Å². The summed E-state index contributed by atoms with van der Waals surface area (Å²) in [6.45, 7) is 1.45. The van der Waals surface area contributed by atoms with Crippen LogP contribution in [0.15, 0.2) is 56.7 Å². The summed E-state index contributed by atoms with van der Waals surface area (Å²) in [5.74, 6) is 0.565. The minimum Gasteiger partial charge on any atom is -0.494 e. The molecule has 0 unspecified atom stereocenters. The second-order valence-corrected chi connectivity index (χ2v) is 7.23. The van der Waals surface area contributed by atoms with E-state index in [0.717, 1.165) is 16.8 Å². The number of pyridine rings is 1. The lowest BCUT2D eigenvalue weighted by atomic mass is 10.1. The van der Waals surface area contributed by atoms with E-state index >= 15 is 0 Å². The largest absolute Gasteiger partial charge is 0.494 e. The first-order valence-corrected chi connectivity index (χ1v) is 9.19. The van der Waals surface area contributed by atoms with Crippen molar-refractivity contribution in [1.82, 2.24) is 9.88 Å². The van der Waals surface area contributed by atoms with Crippen LogP contribution in [0.2, 0.25) is 0 Å². The number of H-pyrrole nitrogens is 1. The molecule has 0 aliphatic heterocycles. The highest BCUT2D eigenvalue weighted by atomic mass is 79.9. The molecule has 27 heavy (non-hydrogen) atoms. The van der Waals surface area contributed by atoms with Gasteiger partial charge in [0.05, 0.1) is 11.3 Å². The van der Waals surface area contributed by atoms with Crippen LogP contribution in [0.1, 0.15) is 5.56 Å². The summed E-state index contributed by atoms with van der Waals surface area (Å²) in [7, 11) is 3.99. The number of halogens is 1. The molecule has 0 spiro atoms. The lowest BCUT2D eigenvalue weighted by Crippen LogP contribution is -2.19. The molecular weight excluding hydrogens is 410 g/mol. The number of hydrogen-bond acceptors (Lipinski definition) is 5. The van der Waals surface area contributed by atoms with Crippen LogP contribution in [0.5, 0.6) is 11.6 Å². The van der Waals surface area contributed by atoms with Gasteiger partial charge in [-0.25, -0.2) is 0 Å². The minimum absolute atomic E-state index is 0.210. The SMILES string of the molecule is CN(C)CCOc1ccc(N=Cc2c(O)[nH]c(=O)c3ccc(Br)cc23)cc1. The Morgan fingerprint density at radius 1 is 1.19 bits per heavy atom. The molecule has 0 fully saturated rings. The van der Waals surface area contributed by atoms with E-state index in [4.69, 9.17) is 4.74 Å². The number of aromatic hydroxyl groups is 1. The Hall–Kier alpha value is -2.64. The summed E-state index contributed by atoms with van der Waals surface area (Å²) < 4.78 is 6.47. The Labute approximate surface area is 165 Å². The third-order valence-corrected chi connectivity index (χ3v) is 4.48. The van der Waals surface area contributed by atoms with Crippen LogP contribution in [-0.2, 0) is 0 Å². The standard InChI is InChI=1S/C20H20BrN3O3/c1-24(2)9-10-27-15-6-4-14(5-7-15)22-12-18-17-11-13(21)3-8-16(17)19(25)23-20(18)26/h3-8,11-12H,9-10H2,1-2H3,(H2,23,25,26). The molecule has 0 amide bonds. The van der Waals surface area contributed by atoms with Crippen LogP contribution in [0.3, 0.4) is 0 Å². The van der Waals surface area contributed by atoms with Crippen LogP contribution in [-0.4, -0.2) is 48.5 Å². The van der Waals surface area contributed by atoms with E-state index in [9.17, 15) is 9.90 Å². The van der Waals surface area contributed by atoms with Gasteiger partial charge in [-0.05, 0) is 56.6 Å². The number of rotatable bonds is 6. The van der Waals surface area contributed by atoms with Crippen molar-refractivity contribution in [3.8, 4) is 11.6 Å². The van der Waals surface area contributed by atoms with E-state index in [-0.39, 0.29) is 11.4 Å². The van der Waals surface area contributed by atoms with Crippen LogP contribution < -0.4 is 10.3 Å². The third-order valence-electron chi connectivity index (χ3n) is 3.99. The Morgan fingerprint density at radius 3 is 2.63 bits per heavy atom. The summed E-state index contributed by atoms with van der Waals surface area (Å²) in [6, 6.07) is 12.6. The number of aromatic amines is 1. The summed E-state index contributed by atoms with van der Waals surface area (Å²) in [4.78, 5) is 20.9. The van der Waals surface area contributed by atoms with E-state index in [1.165, 1.54) is 0 Å². The molecule has 0 aliphatic carbocycles. The first-order chi connectivity index (χ1) is 12.9. The van der Waals surface area contributed by atoms with Crippen molar-refractivity contribution in [2.45, 2.75) is 0 Å². The Balaban J connectivity index is 1.84. The second kappa shape index (κ2) is 8.37. The molecule has 0 aliphatic rings. The predicted octanol–water partition coefficient (Wildman–Crippen LogP) is 3.69. The van der Waals surface area contributed by atoms with Crippen LogP contribution in [0.4, 0.5) is 5.69 Å². The molecule has 140 valence electrons. The first-order valence-electron chi connectivity index (χ1n) is 8.40. The molecule has 3 rings (SSSR count). The van der Waals surface area contributed by atoms with Gasteiger partial charge in [-0.15, -0.1) is 0 Å². The predicted molar refractivity (Wildman–Crippen MR) is 112 cm³/mol. The molecule has 2 N–H and O–H groups in total. The molecule has 0 saturated carbocycles. The maximum absolute atomic E-state index is 12.0. The highest BCUT2D eigenvalue weighted by Gasteiger charge is 2.09. The van der Waals surface area contributed by atoms with E-state index in [1.54, 1.807) is 24.4 Å². The van der Waals surface area contributed by atoms with Crippen molar-refractivity contribution < 1.29 is 9.84 Å². The third kappa shape index (κ3) is 4.75. The lowest BCUT2D eigenvalue weighted by Gasteiger charge is -2.10. The zero-order chi connectivity index (χ0) is 19.4. The number of fused-ring (bicyclic) bond motifs is 1. The molecule has 1 aromatic heterocycles.